The molecule has 0 aromatic heterocycles. The van der Waals surface area contributed by atoms with Crippen molar-refractivity contribution in [2.45, 2.75) is 19.1 Å². The van der Waals surface area contributed by atoms with Gasteiger partial charge in [0, 0.05) is 12.7 Å². The molecule has 0 spiro atoms. The first kappa shape index (κ1) is 10.5. The average Bonchev–Trinajstić information content (AvgIpc) is 2.50. The van der Waals surface area contributed by atoms with Gasteiger partial charge in [0.05, 0.1) is 7.11 Å². The molecule has 1 unspecified atom stereocenters. The number of aliphatic hydroxyl groups excluding tert-OH is 1. The lowest BCUT2D eigenvalue weighted by atomic mass is 10.2. The Balaban J connectivity index is 3.02. The predicted octanol–water partition coefficient (Wildman–Crippen LogP) is -0.0189. The van der Waals surface area contributed by atoms with Gasteiger partial charge >= 0.3 is 5.97 Å². The summed E-state index contributed by atoms with van der Waals surface area (Å²) in [6.45, 7) is 0. The first-order valence-corrected chi connectivity index (χ1v) is 4.24. The van der Waals surface area contributed by atoms with Crippen LogP contribution in [0.2, 0.25) is 0 Å². The number of esters is 1. The third-order valence-electron chi connectivity index (χ3n) is 2.30. The number of rotatable bonds is 1. The topological polar surface area (TPSA) is 73.6 Å². The maximum atomic E-state index is 11.2. The predicted molar refractivity (Wildman–Crippen MR) is 47.7 cm³/mol. The molecule has 0 aromatic carbocycles. The van der Waals surface area contributed by atoms with Crippen molar-refractivity contribution in [2.24, 2.45) is 0 Å². The molecule has 0 radical (unpaired) electrons. The van der Waals surface area contributed by atoms with Crippen molar-refractivity contribution in [3.63, 3.8) is 0 Å². The number of ether oxygens (including phenoxy) is 1. The van der Waals surface area contributed by atoms with Crippen molar-refractivity contribution < 1.29 is 14.6 Å². The molecule has 5 nitrogen and oxygen atoms in total. The van der Waals surface area contributed by atoms with Gasteiger partial charge in [0.15, 0.2) is 5.57 Å². The zero-order valence-electron chi connectivity index (χ0n) is 8.15. The summed E-state index contributed by atoms with van der Waals surface area (Å²) in [5.41, 5.74) is 0.526. The molecule has 0 amide bonds. The van der Waals surface area contributed by atoms with Crippen molar-refractivity contribution in [1.29, 1.82) is 5.26 Å². The van der Waals surface area contributed by atoms with Crippen molar-refractivity contribution in [1.82, 2.24) is 4.90 Å². The second-order valence-corrected chi connectivity index (χ2v) is 3.06. The lowest BCUT2D eigenvalue weighted by Crippen LogP contribution is -2.24. The number of allylic oxidation sites excluding steroid dienone is 1. The Hall–Kier alpha value is -1.54. The molecule has 1 heterocycles. The first-order chi connectivity index (χ1) is 6.61. The fraction of sp³-hybridized carbons (Fsp3) is 0.556. The molecule has 1 aliphatic rings. The van der Waals surface area contributed by atoms with Crippen molar-refractivity contribution >= 4 is 5.97 Å². The van der Waals surface area contributed by atoms with Crippen LogP contribution in [0.15, 0.2) is 11.3 Å². The van der Waals surface area contributed by atoms with E-state index in [0.29, 0.717) is 18.5 Å². The van der Waals surface area contributed by atoms with Gasteiger partial charge in [-0.2, -0.15) is 5.26 Å². The Bertz CT molecular complexity index is 317. The van der Waals surface area contributed by atoms with Crippen LogP contribution in [0.3, 0.4) is 0 Å². The maximum absolute atomic E-state index is 11.2. The number of nitrogens with zero attached hydrogens (tertiary/aromatic N) is 2. The molecular formula is C9H12N2O3. The van der Waals surface area contributed by atoms with E-state index >= 15 is 0 Å². The summed E-state index contributed by atoms with van der Waals surface area (Å²) in [6, 6.07) is 1.80. The Kier molecular flexibility index (Phi) is 3.10. The smallest absolute Gasteiger partial charge is 0.350 e. The van der Waals surface area contributed by atoms with Crippen molar-refractivity contribution in [3.05, 3.63) is 11.3 Å². The molecule has 76 valence electrons. The number of likely N-dealkylation sites (tertiary alicyclic amines) is 1. The molecule has 0 aliphatic carbocycles. The molecule has 0 aromatic rings. The molecule has 0 saturated carbocycles. The molecular weight excluding hydrogens is 184 g/mol. The van der Waals surface area contributed by atoms with E-state index in [9.17, 15) is 9.90 Å². The molecule has 1 N–H and O–H groups in total. The van der Waals surface area contributed by atoms with Crippen LogP contribution in [0.4, 0.5) is 0 Å². The quantitative estimate of drug-likeness (QED) is 0.362. The average molecular weight is 196 g/mol. The highest BCUT2D eigenvalue weighted by Gasteiger charge is 2.28. The number of carbonyl (C=O) groups excluding carboxylic acids is 1. The summed E-state index contributed by atoms with van der Waals surface area (Å²) in [4.78, 5) is 12.7. The van der Waals surface area contributed by atoms with Crippen LogP contribution < -0.4 is 0 Å². The maximum Gasteiger partial charge on any atom is 0.350 e. The number of hydrogen-bond donors (Lipinski definition) is 1. The largest absolute Gasteiger partial charge is 0.465 e. The standard InChI is InChI=1S/C9H12N2O3/c1-11-7(3-4-8(11)12)6(5-10)9(13)14-2/h8,12H,3-4H2,1-2H3/b7-6+. The highest BCUT2D eigenvalue weighted by molar-refractivity contribution is 5.93. The summed E-state index contributed by atoms with van der Waals surface area (Å²) in [5, 5.41) is 18.2. The van der Waals surface area contributed by atoms with Gasteiger partial charge in [0.2, 0.25) is 0 Å². The Morgan fingerprint density at radius 1 is 1.79 bits per heavy atom. The van der Waals surface area contributed by atoms with Crippen LogP contribution >= 0.6 is 0 Å². The van der Waals surface area contributed by atoms with Crippen LogP contribution in [0.25, 0.3) is 0 Å². The normalized spacial score (nSPS) is 24.4. The second-order valence-electron chi connectivity index (χ2n) is 3.06. The van der Waals surface area contributed by atoms with Crippen LogP contribution in [0, 0.1) is 11.3 Å². The van der Waals surface area contributed by atoms with Gasteiger partial charge < -0.3 is 14.7 Å². The van der Waals surface area contributed by atoms with Gasteiger partial charge in [-0.3, -0.25) is 0 Å². The van der Waals surface area contributed by atoms with Gasteiger partial charge in [0.1, 0.15) is 12.3 Å². The monoisotopic (exact) mass is 196 g/mol. The third-order valence-corrected chi connectivity index (χ3v) is 2.30. The summed E-state index contributed by atoms with van der Waals surface area (Å²) in [6.07, 6.45) is 0.446. The molecule has 1 rings (SSSR count). The zero-order valence-corrected chi connectivity index (χ0v) is 8.15. The van der Waals surface area contributed by atoms with E-state index in [0.717, 1.165) is 0 Å². The second kappa shape index (κ2) is 4.11. The van der Waals surface area contributed by atoms with Gasteiger partial charge in [-0.15, -0.1) is 0 Å². The van der Waals surface area contributed by atoms with E-state index < -0.39 is 12.2 Å². The van der Waals surface area contributed by atoms with E-state index in [2.05, 4.69) is 4.74 Å². The summed E-state index contributed by atoms with van der Waals surface area (Å²) in [7, 11) is 2.87. The van der Waals surface area contributed by atoms with Crippen LogP contribution in [0.1, 0.15) is 12.8 Å². The number of aliphatic hydroxyl groups is 1. The SMILES string of the molecule is COC(=O)/C(C#N)=C1\CCC(O)N1C. The highest BCUT2D eigenvalue weighted by atomic mass is 16.5. The van der Waals surface area contributed by atoms with Crippen molar-refractivity contribution in [2.75, 3.05) is 14.2 Å². The van der Waals surface area contributed by atoms with E-state index in [1.807, 2.05) is 0 Å². The summed E-state index contributed by atoms with van der Waals surface area (Å²) >= 11 is 0. The van der Waals surface area contributed by atoms with E-state index in [-0.39, 0.29) is 5.57 Å². The van der Waals surface area contributed by atoms with Crippen molar-refractivity contribution in [3.8, 4) is 6.07 Å². The Morgan fingerprint density at radius 2 is 2.43 bits per heavy atom. The summed E-state index contributed by atoms with van der Waals surface area (Å²) < 4.78 is 4.47. The fourth-order valence-corrected chi connectivity index (χ4v) is 1.45. The number of nitriles is 1. The molecule has 1 atom stereocenters. The van der Waals surface area contributed by atoms with Crippen LogP contribution in [-0.2, 0) is 9.53 Å². The van der Waals surface area contributed by atoms with Gasteiger partial charge in [-0.1, -0.05) is 0 Å². The molecule has 1 aliphatic heterocycles. The summed E-state index contributed by atoms with van der Waals surface area (Å²) in [5.74, 6) is -0.650. The lowest BCUT2D eigenvalue weighted by molar-refractivity contribution is -0.135. The molecule has 1 fully saturated rings. The number of carbonyl (C=O) groups is 1. The van der Waals surface area contributed by atoms with Crippen LogP contribution in [0.5, 0.6) is 0 Å². The molecule has 5 heteroatoms. The van der Waals surface area contributed by atoms with Gasteiger partial charge in [-0.05, 0) is 12.8 Å². The highest BCUT2D eigenvalue weighted by Crippen LogP contribution is 2.26. The zero-order chi connectivity index (χ0) is 10.7. The fourth-order valence-electron chi connectivity index (χ4n) is 1.45. The van der Waals surface area contributed by atoms with Crippen LogP contribution in [-0.4, -0.2) is 36.4 Å². The molecule has 1 saturated heterocycles. The number of hydrogen-bond acceptors (Lipinski definition) is 5. The van der Waals surface area contributed by atoms with Gasteiger partial charge in [-0.25, -0.2) is 4.79 Å². The van der Waals surface area contributed by atoms with Gasteiger partial charge in [0.25, 0.3) is 0 Å². The molecule has 14 heavy (non-hydrogen) atoms. The molecule has 0 bridgehead atoms. The lowest BCUT2D eigenvalue weighted by Gasteiger charge is -2.18. The third kappa shape index (κ3) is 1.70. The van der Waals surface area contributed by atoms with E-state index in [1.54, 1.807) is 13.1 Å². The van der Waals surface area contributed by atoms with E-state index in [4.69, 9.17) is 5.26 Å². The Labute approximate surface area is 82.2 Å². The minimum Gasteiger partial charge on any atom is -0.465 e. The first-order valence-electron chi connectivity index (χ1n) is 4.24. The minimum atomic E-state index is -0.650. The number of methoxy groups -OCH3 is 1. The van der Waals surface area contributed by atoms with E-state index in [1.165, 1.54) is 12.0 Å². The Morgan fingerprint density at radius 3 is 2.79 bits per heavy atom. The minimum absolute atomic E-state index is 0.0217.